The number of carbonyl (C=O) groups excluding carboxylic acids is 1. The SMILES string of the molecule is NC(=O)c1cc(Cl)cnc1Oc1ccc(Cl)cc1F. The minimum absolute atomic E-state index is 0.0400. The van der Waals surface area contributed by atoms with E-state index in [0.717, 1.165) is 6.07 Å². The van der Waals surface area contributed by atoms with Crippen molar-refractivity contribution in [1.29, 1.82) is 0 Å². The molecule has 0 aliphatic heterocycles. The van der Waals surface area contributed by atoms with Gasteiger partial charge in [-0.2, -0.15) is 0 Å². The third-order valence-electron chi connectivity index (χ3n) is 2.18. The van der Waals surface area contributed by atoms with E-state index in [2.05, 4.69) is 4.98 Å². The summed E-state index contributed by atoms with van der Waals surface area (Å²) >= 11 is 11.3. The number of ether oxygens (including phenoxy) is 1. The Morgan fingerprint density at radius 1 is 1.26 bits per heavy atom. The van der Waals surface area contributed by atoms with Crippen LogP contribution in [0.1, 0.15) is 10.4 Å². The zero-order valence-corrected chi connectivity index (χ0v) is 10.9. The smallest absolute Gasteiger partial charge is 0.254 e. The zero-order valence-electron chi connectivity index (χ0n) is 9.36. The molecule has 0 saturated carbocycles. The minimum Gasteiger partial charge on any atom is -0.435 e. The van der Waals surface area contributed by atoms with Crippen LogP contribution in [0.4, 0.5) is 4.39 Å². The molecule has 0 aliphatic carbocycles. The van der Waals surface area contributed by atoms with Gasteiger partial charge in [0, 0.05) is 11.2 Å². The fourth-order valence-electron chi connectivity index (χ4n) is 1.35. The third-order valence-corrected chi connectivity index (χ3v) is 2.63. The first-order valence-corrected chi connectivity index (χ1v) is 5.81. The van der Waals surface area contributed by atoms with Crippen molar-refractivity contribution in [3.8, 4) is 11.6 Å². The molecular weight excluding hydrogens is 294 g/mol. The monoisotopic (exact) mass is 300 g/mol. The lowest BCUT2D eigenvalue weighted by Gasteiger charge is -2.09. The number of pyridine rings is 1. The largest absolute Gasteiger partial charge is 0.435 e. The fourth-order valence-corrected chi connectivity index (χ4v) is 1.66. The molecule has 4 nitrogen and oxygen atoms in total. The summed E-state index contributed by atoms with van der Waals surface area (Å²) in [5.74, 6) is -1.71. The van der Waals surface area contributed by atoms with E-state index in [9.17, 15) is 9.18 Å². The second-order valence-corrected chi connectivity index (χ2v) is 4.42. The topological polar surface area (TPSA) is 65.2 Å². The Morgan fingerprint density at radius 2 is 2.00 bits per heavy atom. The lowest BCUT2D eigenvalue weighted by Crippen LogP contribution is -2.13. The molecule has 1 aromatic heterocycles. The van der Waals surface area contributed by atoms with Crippen molar-refractivity contribution in [1.82, 2.24) is 4.98 Å². The van der Waals surface area contributed by atoms with Gasteiger partial charge < -0.3 is 10.5 Å². The maximum absolute atomic E-state index is 13.6. The van der Waals surface area contributed by atoms with Gasteiger partial charge in [0.1, 0.15) is 5.56 Å². The number of aromatic nitrogens is 1. The fraction of sp³-hybridized carbons (Fsp3) is 0. The van der Waals surface area contributed by atoms with Gasteiger partial charge >= 0.3 is 0 Å². The second kappa shape index (κ2) is 5.42. The average Bonchev–Trinajstić information content (AvgIpc) is 2.34. The molecule has 98 valence electrons. The summed E-state index contributed by atoms with van der Waals surface area (Å²) in [7, 11) is 0. The van der Waals surface area contributed by atoms with Gasteiger partial charge in [0.15, 0.2) is 11.6 Å². The first-order valence-electron chi connectivity index (χ1n) is 5.05. The van der Waals surface area contributed by atoms with Gasteiger partial charge in [-0.3, -0.25) is 4.79 Å². The van der Waals surface area contributed by atoms with Crippen molar-refractivity contribution in [2.45, 2.75) is 0 Å². The molecule has 19 heavy (non-hydrogen) atoms. The number of amides is 1. The Balaban J connectivity index is 2.40. The summed E-state index contributed by atoms with van der Waals surface area (Å²) in [6, 6.07) is 5.13. The molecule has 0 spiro atoms. The summed E-state index contributed by atoms with van der Waals surface area (Å²) in [5, 5.41) is 0.446. The third kappa shape index (κ3) is 3.13. The second-order valence-electron chi connectivity index (χ2n) is 3.55. The van der Waals surface area contributed by atoms with Crippen LogP contribution >= 0.6 is 23.2 Å². The maximum atomic E-state index is 13.6. The number of hydrogen-bond donors (Lipinski definition) is 1. The molecule has 1 heterocycles. The van der Waals surface area contributed by atoms with Crippen molar-refractivity contribution in [3.05, 3.63) is 51.9 Å². The number of nitrogens with zero attached hydrogens (tertiary/aromatic N) is 1. The molecule has 1 aromatic carbocycles. The van der Waals surface area contributed by atoms with E-state index in [1.54, 1.807) is 0 Å². The summed E-state index contributed by atoms with van der Waals surface area (Å²) in [5.41, 5.74) is 5.13. The van der Waals surface area contributed by atoms with Gasteiger partial charge in [0.2, 0.25) is 5.88 Å². The Morgan fingerprint density at radius 3 is 2.63 bits per heavy atom. The molecule has 0 fully saturated rings. The van der Waals surface area contributed by atoms with Gasteiger partial charge in [-0.05, 0) is 24.3 Å². The zero-order chi connectivity index (χ0) is 14.0. The van der Waals surface area contributed by atoms with Crippen LogP contribution in [0, 0.1) is 5.82 Å². The first kappa shape index (κ1) is 13.6. The highest BCUT2D eigenvalue weighted by Gasteiger charge is 2.14. The predicted octanol–water partition coefficient (Wildman–Crippen LogP) is 3.42. The lowest BCUT2D eigenvalue weighted by atomic mass is 10.2. The van der Waals surface area contributed by atoms with E-state index >= 15 is 0 Å². The highest BCUT2D eigenvalue weighted by atomic mass is 35.5. The Bertz CT molecular complexity index is 650. The molecule has 0 atom stereocenters. The van der Waals surface area contributed by atoms with Crippen LogP contribution in [-0.2, 0) is 0 Å². The van der Waals surface area contributed by atoms with E-state index < -0.39 is 11.7 Å². The predicted molar refractivity (Wildman–Crippen MR) is 69.2 cm³/mol. The Labute approximate surface area is 117 Å². The Kier molecular flexibility index (Phi) is 3.87. The molecule has 1 amide bonds. The summed E-state index contributed by atoms with van der Waals surface area (Å²) in [4.78, 5) is 15.0. The number of rotatable bonds is 3. The van der Waals surface area contributed by atoms with Crippen LogP contribution in [0.15, 0.2) is 30.5 Å². The van der Waals surface area contributed by atoms with Crippen molar-refractivity contribution in [2.24, 2.45) is 5.73 Å². The molecule has 0 bridgehead atoms. The minimum atomic E-state index is -0.778. The van der Waals surface area contributed by atoms with E-state index in [1.165, 1.54) is 24.4 Å². The van der Waals surface area contributed by atoms with Gasteiger partial charge in [-0.25, -0.2) is 9.37 Å². The molecule has 0 aliphatic rings. The molecule has 0 unspecified atom stereocenters. The molecule has 7 heteroatoms. The number of benzene rings is 1. The molecular formula is C12H7Cl2FN2O2. The Hall–Kier alpha value is -1.85. The number of nitrogens with two attached hydrogens (primary N) is 1. The van der Waals surface area contributed by atoms with Crippen LogP contribution in [0.5, 0.6) is 11.6 Å². The van der Waals surface area contributed by atoms with Crippen molar-refractivity contribution in [3.63, 3.8) is 0 Å². The van der Waals surface area contributed by atoms with Gasteiger partial charge in [0.25, 0.3) is 5.91 Å². The highest BCUT2D eigenvalue weighted by Crippen LogP contribution is 2.28. The van der Waals surface area contributed by atoms with Crippen LogP contribution in [0.2, 0.25) is 10.0 Å². The van der Waals surface area contributed by atoms with Gasteiger partial charge in [0.05, 0.1) is 5.02 Å². The number of hydrogen-bond acceptors (Lipinski definition) is 3. The molecule has 0 saturated heterocycles. The number of halogens is 3. The molecule has 2 rings (SSSR count). The first-order chi connectivity index (χ1) is 8.97. The number of carbonyl (C=O) groups is 1. The van der Waals surface area contributed by atoms with Gasteiger partial charge in [-0.1, -0.05) is 23.2 Å². The van der Waals surface area contributed by atoms with Crippen LogP contribution in [-0.4, -0.2) is 10.9 Å². The molecule has 2 aromatic rings. The lowest BCUT2D eigenvalue weighted by molar-refractivity contribution is 0.0997. The van der Waals surface area contributed by atoms with Crippen molar-refractivity contribution >= 4 is 29.1 Å². The van der Waals surface area contributed by atoms with Crippen LogP contribution in [0.3, 0.4) is 0 Å². The number of primary amides is 1. The van der Waals surface area contributed by atoms with Crippen LogP contribution < -0.4 is 10.5 Å². The van der Waals surface area contributed by atoms with Crippen molar-refractivity contribution in [2.75, 3.05) is 0 Å². The van der Waals surface area contributed by atoms with Gasteiger partial charge in [-0.15, -0.1) is 0 Å². The van der Waals surface area contributed by atoms with E-state index in [1.807, 2.05) is 0 Å². The summed E-state index contributed by atoms with van der Waals surface area (Å²) in [6.45, 7) is 0. The van der Waals surface area contributed by atoms with E-state index in [-0.39, 0.29) is 27.2 Å². The van der Waals surface area contributed by atoms with E-state index in [4.69, 9.17) is 33.7 Å². The molecule has 0 radical (unpaired) electrons. The van der Waals surface area contributed by atoms with E-state index in [0.29, 0.717) is 0 Å². The van der Waals surface area contributed by atoms with Crippen molar-refractivity contribution < 1.29 is 13.9 Å². The molecule has 2 N–H and O–H groups in total. The summed E-state index contributed by atoms with van der Waals surface area (Å²) < 4.78 is 18.8. The van der Waals surface area contributed by atoms with Crippen LogP contribution in [0.25, 0.3) is 0 Å². The average molecular weight is 301 g/mol. The standard InChI is InChI=1S/C12H7Cl2FN2O2/c13-6-1-2-10(9(15)4-6)19-12-8(11(16)18)3-7(14)5-17-12/h1-5H,(H2,16,18). The summed E-state index contributed by atoms with van der Waals surface area (Å²) in [6.07, 6.45) is 1.26. The highest BCUT2D eigenvalue weighted by molar-refractivity contribution is 6.31. The maximum Gasteiger partial charge on any atom is 0.254 e. The quantitative estimate of drug-likeness (QED) is 0.944. The normalized spacial score (nSPS) is 10.3.